The highest BCUT2D eigenvalue weighted by molar-refractivity contribution is 5.94. The monoisotopic (exact) mass is 387 g/mol. The lowest BCUT2D eigenvalue weighted by molar-refractivity contribution is 0.0724. The minimum atomic E-state index is 0.121. The Hall–Kier alpha value is -3.02. The van der Waals surface area contributed by atoms with Crippen molar-refractivity contribution in [1.82, 2.24) is 25.1 Å². The second kappa shape index (κ2) is 6.79. The van der Waals surface area contributed by atoms with Gasteiger partial charge >= 0.3 is 0 Å². The van der Waals surface area contributed by atoms with Gasteiger partial charge in [0.25, 0.3) is 5.91 Å². The van der Waals surface area contributed by atoms with Crippen molar-refractivity contribution < 1.29 is 4.79 Å². The molecule has 3 aromatic rings. The summed E-state index contributed by atoms with van der Waals surface area (Å²) in [5.74, 6) is 1.91. The minimum Gasteiger partial charge on any atom is -0.337 e. The van der Waals surface area contributed by atoms with Crippen molar-refractivity contribution in [3.8, 4) is 11.4 Å². The molecule has 3 heterocycles. The Bertz CT molecular complexity index is 1050. The number of hydrogen-bond donors (Lipinski definition) is 1. The fourth-order valence-electron chi connectivity index (χ4n) is 4.75. The molecule has 1 N–H and O–H groups in total. The van der Waals surface area contributed by atoms with Gasteiger partial charge in [-0.25, -0.2) is 4.98 Å². The number of amides is 1. The molecule has 1 amide bonds. The maximum atomic E-state index is 13.2. The Kier molecular flexibility index (Phi) is 4.23. The summed E-state index contributed by atoms with van der Waals surface area (Å²) >= 11 is 0. The van der Waals surface area contributed by atoms with Crippen LogP contribution in [0, 0.1) is 19.3 Å². The number of carbonyl (C=O) groups excluding carboxylic acids is 1. The molecule has 2 fully saturated rings. The Morgan fingerprint density at radius 1 is 1.14 bits per heavy atom. The van der Waals surface area contributed by atoms with Crippen LogP contribution in [-0.4, -0.2) is 44.1 Å². The van der Waals surface area contributed by atoms with Gasteiger partial charge in [0.1, 0.15) is 5.82 Å². The van der Waals surface area contributed by atoms with E-state index in [9.17, 15) is 4.79 Å². The number of rotatable bonds is 3. The zero-order valence-corrected chi connectivity index (χ0v) is 16.9. The van der Waals surface area contributed by atoms with Crippen LogP contribution < -0.4 is 0 Å². The van der Waals surface area contributed by atoms with E-state index in [0.717, 1.165) is 41.9 Å². The third kappa shape index (κ3) is 3.03. The number of nitrogens with zero attached hydrogens (tertiary/aromatic N) is 4. The first-order chi connectivity index (χ1) is 14.1. The van der Waals surface area contributed by atoms with Crippen LogP contribution in [0.15, 0.2) is 42.7 Å². The summed E-state index contributed by atoms with van der Waals surface area (Å²) in [6.45, 7) is 5.62. The summed E-state index contributed by atoms with van der Waals surface area (Å²) in [5, 5.41) is 7.60. The quantitative estimate of drug-likeness (QED) is 0.740. The van der Waals surface area contributed by atoms with Crippen LogP contribution in [0.3, 0.4) is 0 Å². The van der Waals surface area contributed by atoms with Crippen LogP contribution in [0.5, 0.6) is 0 Å². The third-order valence-electron chi connectivity index (χ3n) is 6.81. The summed E-state index contributed by atoms with van der Waals surface area (Å²) in [6.07, 6.45) is 6.99. The molecule has 1 unspecified atom stereocenters. The van der Waals surface area contributed by atoms with E-state index in [-0.39, 0.29) is 17.2 Å². The van der Waals surface area contributed by atoms with E-state index < -0.39 is 0 Å². The molecular formula is C23H25N5O. The third-order valence-corrected chi connectivity index (χ3v) is 6.81. The van der Waals surface area contributed by atoms with E-state index in [1.807, 2.05) is 35.2 Å². The molecule has 1 spiro atoms. The van der Waals surface area contributed by atoms with Crippen molar-refractivity contribution in [1.29, 1.82) is 0 Å². The van der Waals surface area contributed by atoms with Crippen LogP contribution in [0.1, 0.15) is 52.5 Å². The number of aryl methyl sites for hydroxylation is 2. The number of carbonyl (C=O) groups is 1. The van der Waals surface area contributed by atoms with Crippen molar-refractivity contribution in [2.45, 2.75) is 39.0 Å². The molecule has 1 saturated heterocycles. The number of pyridine rings is 1. The van der Waals surface area contributed by atoms with Gasteiger partial charge in [-0.1, -0.05) is 12.5 Å². The number of aromatic amines is 1. The maximum Gasteiger partial charge on any atom is 0.253 e. The van der Waals surface area contributed by atoms with Gasteiger partial charge in [-0.2, -0.15) is 5.10 Å². The van der Waals surface area contributed by atoms with Gasteiger partial charge in [0, 0.05) is 42.5 Å². The Morgan fingerprint density at radius 2 is 1.93 bits per heavy atom. The second-order valence-electron chi connectivity index (χ2n) is 8.53. The molecule has 6 nitrogen and oxygen atoms in total. The van der Waals surface area contributed by atoms with Crippen molar-refractivity contribution in [2.75, 3.05) is 13.1 Å². The summed E-state index contributed by atoms with van der Waals surface area (Å²) < 4.78 is 0. The fourth-order valence-corrected chi connectivity index (χ4v) is 4.75. The van der Waals surface area contributed by atoms with Gasteiger partial charge in [-0.05, 0) is 67.5 Å². The van der Waals surface area contributed by atoms with Crippen LogP contribution >= 0.6 is 0 Å². The molecule has 5 rings (SSSR count). The lowest BCUT2D eigenvalue weighted by atomic mass is 9.62. The molecular weight excluding hydrogens is 362 g/mol. The average Bonchev–Trinajstić information content (AvgIpc) is 3.35. The van der Waals surface area contributed by atoms with E-state index in [1.54, 1.807) is 12.4 Å². The van der Waals surface area contributed by atoms with Gasteiger partial charge in [-0.3, -0.25) is 14.9 Å². The summed E-state index contributed by atoms with van der Waals surface area (Å²) in [5.41, 5.74) is 4.22. The lowest BCUT2D eigenvalue weighted by Crippen LogP contribution is -2.38. The van der Waals surface area contributed by atoms with Crippen LogP contribution in [0.25, 0.3) is 11.4 Å². The molecule has 1 aliphatic heterocycles. The normalized spacial score (nSPS) is 20.1. The molecule has 2 aromatic heterocycles. The van der Waals surface area contributed by atoms with Gasteiger partial charge in [-0.15, -0.1) is 0 Å². The van der Waals surface area contributed by atoms with Gasteiger partial charge in [0.2, 0.25) is 0 Å². The molecule has 1 aromatic carbocycles. The van der Waals surface area contributed by atoms with Gasteiger partial charge < -0.3 is 4.90 Å². The molecule has 29 heavy (non-hydrogen) atoms. The van der Waals surface area contributed by atoms with Crippen molar-refractivity contribution in [3.05, 3.63) is 65.2 Å². The summed E-state index contributed by atoms with van der Waals surface area (Å²) in [4.78, 5) is 24.1. The fraction of sp³-hybridized carbons (Fsp3) is 0.391. The number of aromatic nitrogens is 4. The van der Waals surface area contributed by atoms with E-state index in [1.165, 1.54) is 12.0 Å². The summed E-state index contributed by atoms with van der Waals surface area (Å²) in [6, 6.07) is 9.81. The molecule has 6 heteroatoms. The Balaban J connectivity index is 1.42. The van der Waals surface area contributed by atoms with Crippen LogP contribution in [0.4, 0.5) is 0 Å². The topological polar surface area (TPSA) is 74.8 Å². The molecule has 0 bridgehead atoms. The maximum absolute atomic E-state index is 13.2. The van der Waals surface area contributed by atoms with E-state index in [2.05, 4.69) is 29.0 Å². The highest BCUT2D eigenvalue weighted by atomic mass is 16.2. The number of benzene rings is 1. The second-order valence-corrected chi connectivity index (χ2v) is 8.53. The van der Waals surface area contributed by atoms with E-state index in [0.29, 0.717) is 12.4 Å². The van der Waals surface area contributed by atoms with Crippen LogP contribution in [0.2, 0.25) is 0 Å². The molecule has 1 atom stereocenters. The van der Waals surface area contributed by atoms with Crippen LogP contribution in [-0.2, 0) is 0 Å². The molecule has 148 valence electrons. The van der Waals surface area contributed by atoms with Crippen molar-refractivity contribution >= 4 is 5.91 Å². The first-order valence-corrected chi connectivity index (χ1v) is 10.2. The standard InChI is InChI=1S/C23H25N5O/c1-15-4-5-18(12-16(15)2)22(29)28-13-19(23(14-28)8-3-9-23)21-25-20(26-27-21)17-6-10-24-11-7-17/h4-7,10-12,19H,3,8-9,13-14H2,1-2H3,(H,25,26,27). The first kappa shape index (κ1) is 18.0. The number of hydrogen-bond acceptors (Lipinski definition) is 4. The SMILES string of the molecule is Cc1ccc(C(=O)N2CC(c3nc(-c4ccncc4)n[nH]3)C3(CCC3)C2)cc1C. The first-order valence-electron chi connectivity index (χ1n) is 10.2. The number of nitrogens with one attached hydrogen (secondary N) is 1. The minimum absolute atomic E-state index is 0.121. The molecule has 2 aliphatic rings. The predicted octanol–water partition coefficient (Wildman–Crippen LogP) is 3.89. The lowest BCUT2D eigenvalue weighted by Gasteiger charge is -2.41. The average molecular weight is 387 g/mol. The largest absolute Gasteiger partial charge is 0.337 e. The highest BCUT2D eigenvalue weighted by Crippen LogP contribution is 2.55. The molecule has 0 radical (unpaired) electrons. The Labute approximate surface area is 170 Å². The Morgan fingerprint density at radius 3 is 2.62 bits per heavy atom. The van der Waals surface area contributed by atoms with Gasteiger partial charge in [0.05, 0.1) is 0 Å². The molecule has 1 aliphatic carbocycles. The van der Waals surface area contributed by atoms with Crippen molar-refractivity contribution in [3.63, 3.8) is 0 Å². The number of H-pyrrole nitrogens is 1. The smallest absolute Gasteiger partial charge is 0.253 e. The van der Waals surface area contributed by atoms with Gasteiger partial charge in [0.15, 0.2) is 5.82 Å². The summed E-state index contributed by atoms with van der Waals surface area (Å²) in [7, 11) is 0. The highest BCUT2D eigenvalue weighted by Gasteiger charge is 2.53. The number of likely N-dealkylation sites (tertiary alicyclic amines) is 1. The van der Waals surface area contributed by atoms with Crippen molar-refractivity contribution in [2.24, 2.45) is 5.41 Å². The van der Waals surface area contributed by atoms with E-state index >= 15 is 0 Å². The zero-order valence-electron chi connectivity index (χ0n) is 16.9. The zero-order chi connectivity index (χ0) is 20.0. The van der Waals surface area contributed by atoms with E-state index in [4.69, 9.17) is 4.98 Å². The molecule has 1 saturated carbocycles. The predicted molar refractivity (Wildman–Crippen MR) is 110 cm³/mol.